The van der Waals surface area contributed by atoms with Crippen molar-refractivity contribution in [1.29, 1.82) is 0 Å². The van der Waals surface area contributed by atoms with Gasteiger partial charge in [0.25, 0.3) is 0 Å². The third kappa shape index (κ3) is 7.28. The van der Waals surface area contributed by atoms with Crippen molar-refractivity contribution in [3.8, 4) is 0 Å². The maximum atomic E-state index is 12.2. The highest BCUT2D eigenvalue weighted by Crippen LogP contribution is 2.17. The van der Waals surface area contributed by atoms with E-state index in [1.807, 2.05) is 13.8 Å². The Morgan fingerprint density at radius 1 is 1.24 bits per heavy atom. The second-order valence-electron chi connectivity index (χ2n) is 6.34. The predicted molar refractivity (Wildman–Crippen MR) is 89.5 cm³/mol. The second-order valence-corrected chi connectivity index (χ2v) is 6.34. The van der Waals surface area contributed by atoms with Crippen LogP contribution in [0.3, 0.4) is 0 Å². The van der Waals surface area contributed by atoms with E-state index < -0.39 is 5.54 Å². The summed E-state index contributed by atoms with van der Waals surface area (Å²) >= 11 is 0. The molecule has 0 saturated carbocycles. The maximum Gasteiger partial charge on any atom is 0.326 e. The molecule has 0 aromatic carbocycles. The number of nitrogens with zero attached hydrogens (tertiary/aromatic N) is 1. The Morgan fingerprint density at radius 3 is 2.29 bits per heavy atom. The molecule has 1 N–H and O–H groups in total. The van der Waals surface area contributed by atoms with Crippen LogP contribution in [-0.4, -0.2) is 48.2 Å². The van der Waals surface area contributed by atoms with Crippen molar-refractivity contribution in [2.24, 2.45) is 0 Å². The molecule has 21 heavy (non-hydrogen) atoms. The van der Waals surface area contributed by atoms with E-state index in [-0.39, 0.29) is 12.0 Å². The Kier molecular flexibility index (Phi) is 9.88. The lowest BCUT2D eigenvalue weighted by molar-refractivity contribution is -0.151. The summed E-state index contributed by atoms with van der Waals surface area (Å²) in [4.78, 5) is 14.7. The lowest BCUT2D eigenvalue weighted by Gasteiger charge is -2.32. The fourth-order valence-electron chi connectivity index (χ4n) is 2.74. The number of carbonyl (C=O) groups is 1. The number of hydrogen-bond donors (Lipinski definition) is 1. The van der Waals surface area contributed by atoms with Crippen LogP contribution >= 0.6 is 0 Å². The standard InChI is InChI=1S/C17H36N2O2/c1-8-15(6)19(9-2)13-11-12-17(7,18-14(4)5)16(20)21-10-3/h14-15,18H,8-13H2,1-7H3. The van der Waals surface area contributed by atoms with Crippen molar-refractivity contribution in [2.75, 3.05) is 19.7 Å². The molecule has 0 rings (SSSR count). The molecule has 0 saturated heterocycles. The summed E-state index contributed by atoms with van der Waals surface area (Å²) in [6, 6.07) is 0.859. The number of carbonyl (C=O) groups excluding carboxylic acids is 1. The highest BCUT2D eigenvalue weighted by Gasteiger charge is 2.34. The van der Waals surface area contributed by atoms with E-state index in [1.165, 1.54) is 0 Å². The molecule has 0 spiro atoms. The minimum atomic E-state index is -0.584. The number of ether oxygens (including phenoxy) is 1. The molecule has 0 heterocycles. The normalized spacial score (nSPS) is 16.0. The van der Waals surface area contributed by atoms with E-state index in [0.717, 1.165) is 32.4 Å². The Bertz CT molecular complexity index is 295. The van der Waals surface area contributed by atoms with Gasteiger partial charge in [0.05, 0.1) is 6.61 Å². The first-order chi connectivity index (χ1) is 9.80. The first-order valence-corrected chi connectivity index (χ1v) is 8.49. The minimum Gasteiger partial charge on any atom is -0.465 e. The van der Waals surface area contributed by atoms with E-state index in [2.05, 4.69) is 44.8 Å². The van der Waals surface area contributed by atoms with E-state index >= 15 is 0 Å². The van der Waals surface area contributed by atoms with Crippen molar-refractivity contribution in [1.82, 2.24) is 10.2 Å². The Morgan fingerprint density at radius 2 is 1.86 bits per heavy atom. The average Bonchev–Trinajstić information content (AvgIpc) is 2.42. The van der Waals surface area contributed by atoms with Gasteiger partial charge in [-0.15, -0.1) is 0 Å². The molecule has 2 unspecified atom stereocenters. The molecule has 0 radical (unpaired) electrons. The third-order valence-electron chi connectivity index (χ3n) is 4.08. The Balaban J connectivity index is 4.58. The third-order valence-corrected chi connectivity index (χ3v) is 4.08. The van der Waals surface area contributed by atoms with Crippen LogP contribution in [0.2, 0.25) is 0 Å². The van der Waals surface area contributed by atoms with Crippen molar-refractivity contribution in [3.05, 3.63) is 0 Å². The van der Waals surface area contributed by atoms with Gasteiger partial charge in [-0.3, -0.25) is 10.1 Å². The predicted octanol–water partition coefficient (Wildman–Crippen LogP) is 3.21. The van der Waals surface area contributed by atoms with Crippen LogP contribution in [0.15, 0.2) is 0 Å². The summed E-state index contributed by atoms with van der Waals surface area (Å²) in [6.45, 7) is 17.1. The summed E-state index contributed by atoms with van der Waals surface area (Å²) < 4.78 is 5.25. The Labute approximate surface area is 131 Å². The zero-order valence-corrected chi connectivity index (χ0v) is 15.2. The summed E-state index contributed by atoms with van der Waals surface area (Å²) in [5.41, 5.74) is -0.584. The quantitative estimate of drug-likeness (QED) is 0.595. The van der Waals surface area contributed by atoms with Crippen LogP contribution in [0.4, 0.5) is 0 Å². The molecule has 0 aliphatic rings. The van der Waals surface area contributed by atoms with Crippen molar-refractivity contribution < 1.29 is 9.53 Å². The van der Waals surface area contributed by atoms with Gasteiger partial charge in [-0.05, 0) is 67.0 Å². The van der Waals surface area contributed by atoms with Crippen molar-refractivity contribution in [2.45, 2.75) is 85.4 Å². The zero-order valence-electron chi connectivity index (χ0n) is 15.2. The first kappa shape index (κ1) is 20.4. The number of esters is 1. The monoisotopic (exact) mass is 300 g/mol. The van der Waals surface area contributed by atoms with Crippen LogP contribution in [0.1, 0.15) is 67.7 Å². The van der Waals surface area contributed by atoms with Crippen molar-refractivity contribution >= 4 is 5.97 Å². The molecule has 0 aromatic heterocycles. The smallest absolute Gasteiger partial charge is 0.326 e. The van der Waals surface area contributed by atoms with E-state index in [1.54, 1.807) is 0 Å². The average molecular weight is 300 g/mol. The number of nitrogens with one attached hydrogen (secondary N) is 1. The summed E-state index contributed by atoms with van der Waals surface area (Å²) in [7, 11) is 0. The van der Waals surface area contributed by atoms with Crippen LogP contribution in [0.25, 0.3) is 0 Å². The molecule has 126 valence electrons. The van der Waals surface area contributed by atoms with Crippen molar-refractivity contribution in [3.63, 3.8) is 0 Å². The molecule has 0 bridgehead atoms. The fourth-order valence-corrected chi connectivity index (χ4v) is 2.74. The maximum absolute atomic E-state index is 12.2. The second kappa shape index (κ2) is 10.2. The van der Waals surface area contributed by atoms with Gasteiger partial charge in [-0.25, -0.2) is 0 Å². The Hall–Kier alpha value is -0.610. The number of rotatable bonds is 11. The molecule has 0 amide bonds. The van der Waals surface area contributed by atoms with Gasteiger partial charge in [0.15, 0.2) is 0 Å². The van der Waals surface area contributed by atoms with Gasteiger partial charge >= 0.3 is 5.97 Å². The van der Waals surface area contributed by atoms with Crippen LogP contribution < -0.4 is 5.32 Å². The van der Waals surface area contributed by atoms with E-state index in [9.17, 15) is 4.79 Å². The summed E-state index contributed by atoms with van der Waals surface area (Å²) in [6.07, 6.45) is 2.96. The highest BCUT2D eigenvalue weighted by molar-refractivity contribution is 5.80. The molecular formula is C17H36N2O2. The highest BCUT2D eigenvalue weighted by atomic mass is 16.5. The van der Waals surface area contributed by atoms with Gasteiger partial charge in [0, 0.05) is 12.1 Å². The molecule has 0 fully saturated rings. The first-order valence-electron chi connectivity index (χ1n) is 8.49. The van der Waals surface area contributed by atoms with Gasteiger partial charge in [-0.1, -0.05) is 13.8 Å². The van der Waals surface area contributed by atoms with Gasteiger partial charge in [-0.2, -0.15) is 0 Å². The molecule has 4 nitrogen and oxygen atoms in total. The summed E-state index contributed by atoms with van der Waals surface area (Å²) in [5, 5.41) is 3.38. The zero-order chi connectivity index (χ0) is 16.5. The van der Waals surface area contributed by atoms with E-state index in [4.69, 9.17) is 4.74 Å². The van der Waals surface area contributed by atoms with Crippen LogP contribution in [-0.2, 0) is 9.53 Å². The molecular weight excluding hydrogens is 264 g/mol. The van der Waals surface area contributed by atoms with Gasteiger partial charge in [0.1, 0.15) is 5.54 Å². The van der Waals surface area contributed by atoms with Gasteiger partial charge < -0.3 is 9.64 Å². The van der Waals surface area contributed by atoms with Crippen LogP contribution in [0.5, 0.6) is 0 Å². The molecule has 0 aliphatic heterocycles. The molecule has 0 aromatic rings. The summed E-state index contributed by atoms with van der Waals surface area (Å²) in [5.74, 6) is -0.134. The topological polar surface area (TPSA) is 41.6 Å². The minimum absolute atomic E-state index is 0.134. The van der Waals surface area contributed by atoms with Gasteiger partial charge in [0.2, 0.25) is 0 Å². The lowest BCUT2D eigenvalue weighted by Crippen LogP contribution is -2.53. The number of hydrogen-bond acceptors (Lipinski definition) is 4. The molecule has 4 heteroatoms. The molecule has 0 aliphatic carbocycles. The fraction of sp³-hybridized carbons (Fsp3) is 0.941. The lowest BCUT2D eigenvalue weighted by atomic mass is 9.94. The largest absolute Gasteiger partial charge is 0.465 e. The van der Waals surface area contributed by atoms with Crippen LogP contribution in [0, 0.1) is 0 Å². The van der Waals surface area contributed by atoms with E-state index in [0.29, 0.717) is 12.6 Å². The SMILES string of the molecule is CCOC(=O)C(C)(CCCN(CC)C(C)CC)NC(C)C. The molecule has 2 atom stereocenters.